The molecule has 0 aliphatic rings. The highest BCUT2D eigenvalue weighted by Crippen LogP contribution is 2.16. The van der Waals surface area contributed by atoms with Gasteiger partial charge in [-0.05, 0) is 18.9 Å². The van der Waals surface area contributed by atoms with Crippen LogP contribution in [-0.2, 0) is 0 Å². The molecule has 0 amide bonds. The van der Waals surface area contributed by atoms with Crippen molar-refractivity contribution in [1.29, 1.82) is 0 Å². The van der Waals surface area contributed by atoms with E-state index in [1.54, 1.807) is 0 Å². The molecule has 0 bridgehead atoms. The molecule has 0 fully saturated rings. The number of rotatable bonds is 3. The molecular weight excluding hydrogens is 146 g/mol. The molecule has 0 spiro atoms. The molecule has 12 heavy (non-hydrogen) atoms. The molecule has 64 valence electrons. The number of benzene rings is 1. The zero-order chi connectivity index (χ0) is 8.97. The standard InChI is InChI=1S/C11H15N/c1-9(2)8-11(12)10-6-4-3-5-7-10/h3-7,11H,1,8,12H2,2H3/t11-/m0/s1. The third kappa shape index (κ3) is 2.51. The van der Waals surface area contributed by atoms with Gasteiger partial charge in [0.15, 0.2) is 0 Å². The Hall–Kier alpha value is -1.08. The van der Waals surface area contributed by atoms with Gasteiger partial charge in [0.2, 0.25) is 0 Å². The molecule has 0 saturated carbocycles. The topological polar surface area (TPSA) is 26.0 Å². The maximum atomic E-state index is 5.94. The number of nitrogens with two attached hydrogens (primary N) is 1. The van der Waals surface area contributed by atoms with Gasteiger partial charge in [0, 0.05) is 6.04 Å². The predicted octanol–water partition coefficient (Wildman–Crippen LogP) is 2.65. The van der Waals surface area contributed by atoms with Gasteiger partial charge < -0.3 is 5.73 Å². The average Bonchev–Trinajstić information content (AvgIpc) is 2.05. The lowest BCUT2D eigenvalue weighted by Gasteiger charge is -2.10. The summed E-state index contributed by atoms with van der Waals surface area (Å²) in [6, 6.07) is 10.2. The van der Waals surface area contributed by atoms with Gasteiger partial charge in [0.25, 0.3) is 0 Å². The summed E-state index contributed by atoms with van der Waals surface area (Å²) >= 11 is 0. The fourth-order valence-corrected chi connectivity index (χ4v) is 1.19. The molecule has 0 radical (unpaired) electrons. The largest absolute Gasteiger partial charge is 0.324 e. The third-order valence-electron chi connectivity index (χ3n) is 1.80. The smallest absolute Gasteiger partial charge is 0.0332 e. The Morgan fingerprint density at radius 2 is 2.00 bits per heavy atom. The predicted molar refractivity (Wildman–Crippen MR) is 52.8 cm³/mol. The summed E-state index contributed by atoms with van der Waals surface area (Å²) in [5, 5.41) is 0. The second kappa shape index (κ2) is 4.07. The summed E-state index contributed by atoms with van der Waals surface area (Å²) in [5.74, 6) is 0. The van der Waals surface area contributed by atoms with Gasteiger partial charge in [-0.2, -0.15) is 0 Å². The summed E-state index contributed by atoms with van der Waals surface area (Å²) in [5.41, 5.74) is 8.25. The van der Waals surface area contributed by atoms with E-state index in [1.165, 1.54) is 5.56 Å². The Morgan fingerprint density at radius 3 is 2.50 bits per heavy atom. The summed E-state index contributed by atoms with van der Waals surface area (Å²) in [4.78, 5) is 0. The van der Waals surface area contributed by atoms with Crippen LogP contribution in [0.2, 0.25) is 0 Å². The fourth-order valence-electron chi connectivity index (χ4n) is 1.19. The van der Waals surface area contributed by atoms with E-state index in [-0.39, 0.29) is 6.04 Å². The first-order chi connectivity index (χ1) is 5.70. The molecule has 1 heteroatoms. The van der Waals surface area contributed by atoms with Gasteiger partial charge in [0.05, 0.1) is 0 Å². The van der Waals surface area contributed by atoms with Crippen LogP contribution in [0.3, 0.4) is 0 Å². The van der Waals surface area contributed by atoms with Crippen LogP contribution < -0.4 is 5.73 Å². The van der Waals surface area contributed by atoms with Gasteiger partial charge >= 0.3 is 0 Å². The van der Waals surface area contributed by atoms with Crippen LogP contribution in [0.4, 0.5) is 0 Å². The number of hydrogen-bond donors (Lipinski definition) is 1. The molecule has 1 nitrogen and oxygen atoms in total. The number of hydrogen-bond acceptors (Lipinski definition) is 1. The second-order valence-electron chi connectivity index (χ2n) is 3.18. The van der Waals surface area contributed by atoms with Crippen molar-refractivity contribution >= 4 is 0 Å². The van der Waals surface area contributed by atoms with E-state index in [9.17, 15) is 0 Å². The monoisotopic (exact) mass is 161 g/mol. The molecule has 1 aromatic rings. The van der Waals surface area contributed by atoms with Crippen LogP contribution in [0.15, 0.2) is 42.5 Å². The molecule has 1 aromatic carbocycles. The van der Waals surface area contributed by atoms with Crippen molar-refractivity contribution < 1.29 is 0 Å². The molecule has 0 aliphatic carbocycles. The average molecular weight is 161 g/mol. The van der Waals surface area contributed by atoms with Crippen LogP contribution in [0.1, 0.15) is 24.9 Å². The van der Waals surface area contributed by atoms with E-state index >= 15 is 0 Å². The SMILES string of the molecule is C=C(C)C[C@H](N)c1ccccc1. The van der Waals surface area contributed by atoms with E-state index < -0.39 is 0 Å². The minimum atomic E-state index is 0.101. The van der Waals surface area contributed by atoms with Gasteiger partial charge in [-0.1, -0.05) is 35.9 Å². The van der Waals surface area contributed by atoms with Crippen LogP contribution in [0.5, 0.6) is 0 Å². The molecule has 2 N–H and O–H groups in total. The first-order valence-corrected chi connectivity index (χ1v) is 4.15. The minimum Gasteiger partial charge on any atom is -0.324 e. The summed E-state index contributed by atoms with van der Waals surface area (Å²) in [7, 11) is 0. The minimum absolute atomic E-state index is 0.101. The summed E-state index contributed by atoms with van der Waals surface area (Å²) in [6.07, 6.45) is 0.865. The molecular formula is C11H15N. The van der Waals surface area contributed by atoms with E-state index in [4.69, 9.17) is 5.73 Å². The molecule has 1 atom stereocenters. The first kappa shape index (κ1) is 9.01. The molecule has 0 unspecified atom stereocenters. The van der Waals surface area contributed by atoms with Gasteiger partial charge in [-0.15, -0.1) is 6.58 Å². The molecule has 1 rings (SSSR count). The van der Waals surface area contributed by atoms with Crippen LogP contribution in [-0.4, -0.2) is 0 Å². The maximum Gasteiger partial charge on any atom is 0.0332 e. The van der Waals surface area contributed by atoms with Crippen molar-refractivity contribution in [3.8, 4) is 0 Å². The summed E-state index contributed by atoms with van der Waals surface area (Å²) in [6.45, 7) is 5.84. The van der Waals surface area contributed by atoms with Crippen LogP contribution in [0.25, 0.3) is 0 Å². The van der Waals surface area contributed by atoms with E-state index in [0.717, 1.165) is 12.0 Å². The van der Waals surface area contributed by atoms with Crippen molar-refractivity contribution in [3.05, 3.63) is 48.0 Å². The lowest BCUT2D eigenvalue weighted by atomic mass is 10.0. The molecule has 0 heterocycles. The van der Waals surface area contributed by atoms with E-state index in [1.807, 2.05) is 37.3 Å². The van der Waals surface area contributed by atoms with E-state index in [0.29, 0.717) is 0 Å². The highest BCUT2D eigenvalue weighted by molar-refractivity contribution is 5.19. The fraction of sp³-hybridized carbons (Fsp3) is 0.273. The van der Waals surface area contributed by atoms with Gasteiger partial charge in [0.1, 0.15) is 0 Å². The second-order valence-corrected chi connectivity index (χ2v) is 3.18. The Morgan fingerprint density at radius 1 is 1.42 bits per heavy atom. The molecule has 0 aliphatic heterocycles. The lowest BCUT2D eigenvalue weighted by Crippen LogP contribution is -2.09. The van der Waals surface area contributed by atoms with Gasteiger partial charge in [-0.3, -0.25) is 0 Å². The zero-order valence-electron chi connectivity index (χ0n) is 7.46. The third-order valence-corrected chi connectivity index (χ3v) is 1.80. The van der Waals surface area contributed by atoms with E-state index in [2.05, 4.69) is 6.58 Å². The van der Waals surface area contributed by atoms with Crippen molar-refractivity contribution in [2.75, 3.05) is 0 Å². The Balaban J connectivity index is 2.65. The van der Waals surface area contributed by atoms with Crippen molar-refractivity contribution in [1.82, 2.24) is 0 Å². The van der Waals surface area contributed by atoms with Crippen LogP contribution in [0, 0.1) is 0 Å². The van der Waals surface area contributed by atoms with Crippen molar-refractivity contribution in [3.63, 3.8) is 0 Å². The zero-order valence-corrected chi connectivity index (χ0v) is 7.46. The van der Waals surface area contributed by atoms with Crippen molar-refractivity contribution in [2.45, 2.75) is 19.4 Å². The molecule has 0 aromatic heterocycles. The van der Waals surface area contributed by atoms with Crippen LogP contribution >= 0.6 is 0 Å². The molecule has 0 saturated heterocycles. The summed E-state index contributed by atoms with van der Waals surface area (Å²) < 4.78 is 0. The Kier molecular flexibility index (Phi) is 3.06. The first-order valence-electron chi connectivity index (χ1n) is 4.15. The quantitative estimate of drug-likeness (QED) is 0.678. The Labute approximate surface area is 73.9 Å². The van der Waals surface area contributed by atoms with Gasteiger partial charge in [-0.25, -0.2) is 0 Å². The maximum absolute atomic E-state index is 5.94. The highest BCUT2D eigenvalue weighted by Gasteiger charge is 2.03. The van der Waals surface area contributed by atoms with Crippen molar-refractivity contribution in [2.24, 2.45) is 5.73 Å². The normalized spacial score (nSPS) is 12.5. The highest BCUT2D eigenvalue weighted by atomic mass is 14.6. The Bertz CT molecular complexity index is 251. The lowest BCUT2D eigenvalue weighted by molar-refractivity contribution is 0.717.